The fourth-order valence-corrected chi connectivity index (χ4v) is 2.49. The third-order valence-electron chi connectivity index (χ3n) is 3.36. The van der Waals surface area contributed by atoms with Crippen molar-refractivity contribution in [2.24, 2.45) is 0 Å². The van der Waals surface area contributed by atoms with E-state index in [9.17, 15) is 4.39 Å². The lowest BCUT2D eigenvalue weighted by atomic mass is 9.90. The number of rotatable bonds is 6. The minimum Gasteiger partial charge on any atom is -0.347 e. The highest BCUT2D eigenvalue weighted by Crippen LogP contribution is 2.60. The molecular weight excluding hydrogens is 231 g/mol. The molecule has 1 aromatic rings. The van der Waals surface area contributed by atoms with Crippen LogP contribution in [-0.2, 0) is 15.3 Å². The average molecular weight is 248 g/mol. The van der Waals surface area contributed by atoms with Crippen LogP contribution in [0.2, 0.25) is 0 Å². The van der Waals surface area contributed by atoms with E-state index in [1.165, 1.54) is 12.1 Å². The van der Waals surface area contributed by atoms with Crippen molar-refractivity contribution in [3.63, 3.8) is 0 Å². The molecule has 2 rings (SSSR count). The summed E-state index contributed by atoms with van der Waals surface area (Å²) in [7, 11) is 1.59. The molecule has 1 fully saturated rings. The second-order valence-electron chi connectivity index (χ2n) is 4.41. The van der Waals surface area contributed by atoms with Crippen molar-refractivity contribution in [2.45, 2.75) is 24.2 Å². The molecule has 2 nitrogen and oxygen atoms in total. The van der Waals surface area contributed by atoms with E-state index in [2.05, 4.69) is 13.2 Å². The molecular formula is C15H17FO2. The Hall–Kier alpha value is -1.45. The Morgan fingerprint density at radius 3 is 2.22 bits per heavy atom. The van der Waals surface area contributed by atoms with Gasteiger partial charge in [0.15, 0.2) is 0 Å². The second-order valence-corrected chi connectivity index (χ2v) is 4.41. The molecule has 18 heavy (non-hydrogen) atoms. The number of hydrogen-bond acceptors (Lipinski definition) is 2. The zero-order valence-corrected chi connectivity index (χ0v) is 10.5. The van der Waals surface area contributed by atoms with E-state index in [-0.39, 0.29) is 5.82 Å². The first kappa shape index (κ1) is 13.0. The molecule has 1 aliphatic heterocycles. The molecule has 3 heteroatoms. The average Bonchev–Trinajstić information content (AvgIpc) is 3.00. The summed E-state index contributed by atoms with van der Waals surface area (Å²) in [4.78, 5) is 0. The fourth-order valence-electron chi connectivity index (χ4n) is 2.49. The first-order chi connectivity index (χ1) is 8.64. The maximum Gasteiger partial charge on any atom is 0.226 e. The molecule has 0 aliphatic carbocycles. The molecule has 0 amide bonds. The van der Waals surface area contributed by atoms with Crippen LogP contribution < -0.4 is 0 Å². The molecule has 0 N–H and O–H groups in total. The monoisotopic (exact) mass is 248 g/mol. The van der Waals surface area contributed by atoms with Gasteiger partial charge in [0.2, 0.25) is 5.79 Å². The molecule has 0 saturated carbocycles. The Bertz CT molecular complexity index is 442. The third-order valence-corrected chi connectivity index (χ3v) is 3.36. The normalized spacial score (nSPS) is 24.6. The number of halogens is 1. The van der Waals surface area contributed by atoms with Gasteiger partial charge in [-0.1, -0.05) is 24.3 Å². The summed E-state index contributed by atoms with van der Waals surface area (Å²) in [5.41, 5.74) is 0.346. The number of benzene rings is 1. The van der Waals surface area contributed by atoms with E-state index in [4.69, 9.17) is 9.47 Å². The minimum atomic E-state index is -0.816. The molecule has 1 atom stereocenters. The predicted octanol–water partition coefficient (Wildman–Crippen LogP) is 3.55. The van der Waals surface area contributed by atoms with Gasteiger partial charge < -0.3 is 9.47 Å². The van der Waals surface area contributed by atoms with Gasteiger partial charge in [0.25, 0.3) is 0 Å². The summed E-state index contributed by atoms with van der Waals surface area (Å²) in [5.74, 6) is -1.09. The van der Waals surface area contributed by atoms with Gasteiger partial charge in [-0.2, -0.15) is 0 Å². The summed E-state index contributed by atoms with van der Waals surface area (Å²) >= 11 is 0. The zero-order valence-electron chi connectivity index (χ0n) is 10.5. The highest BCUT2D eigenvalue weighted by atomic mass is 19.1. The molecule has 96 valence electrons. The lowest BCUT2D eigenvalue weighted by molar-refractivity contribution is -0.0150. The summed E-state index contributed by atoms with van der Waals surface area (Å²) < 4.78 is 24.4. The molecule has 1 aromatic carbocycles. The van der Waals surface area contributed by atoms with Gasteiger partial charge in [-0.05, 0) is 12.1 Å². The van der Waals surface area contributed by atoms with Gasteiger partial charge in [-0.15, -0.1) is 13.2 Å². The molecule has 1 unspecified atom stereocenters. The van der Waals surface area contributed by atoms with Crippen LogP contribution in [-0.4, -0.2) is 12.7 Å². The Morgan fingerprint density at radius 2 is 1.78 bits per heavy atom. The summed E-state index contributed by atoms with van der Waals surface area (Å²) in [6.45, 7) is 7.49. The van der Waals surface area contributed by atoms with Crippen LogP contribution in [0.25, 0.3) is 0 Å². The van der Waals surface area contributed by atoms with E-state index in [0.717, 1.165) is 5.56 Å². The van der Waals surface area contributed by atoms with E-state index in [1.54, 1.807) is 31.4 Å². The maximum atomic E-state index is 13.0. The molecule has 0 bridgehead atoms. The lowest BCUT2D eigenvalue weighted by Gasteiger charge is -2.17. The van der Waals surface area contributed by atoms with E-state index < -0.39 is 11.4 Å². The topological polar surface area (TPSA) is 21.8 Å². The summed E-state index contributed by atoms with van der Waals surface area (Å²) in [5, 5.41) is 0. The van der Waals surface area contributed by atoms with Crippen LogP contribution in [0, 0.1) is 5.82 Å². The van der Waals surface area contributed by atoms with Gasteiger partial charge in [0, 0.05) is 25.5 Å². The molecule has 1 heterocycles. The quantitative estimate of drug-likeness (QED) is 0.567. The van der Waals surface area contributed by atoms with E-state index in [0.29, 0.717) is 12.8 Å². The lowest BCUT2D eigenvalue weighted by Crippen LogP contribution is -2.25. The predicted molar refractivity (Wildman–Crippen MR) is 68.5 cm³/mol. The number of methoxy groups -OCH3 is 1. The standard InChI is InChI=1S/C15H17FO2/c1-4-10-14(11-5-2)15(17-3,18-14)12-6-8-13(16)9-7-12/h4-9H,1-2,10-11H2,3H3. The number of hydrogen-bond donors (Lipinski definition) is 0. The van der Waals surface area contributed by atoms with Gasteiger partial charge >= 0.3 is 0 Å². The molecule has 0 aromatic heterocycles. The van der Waals surface area contributed by atoms with Crippen molar-refractivity contribution in [3.8, 4) is 0 Å². The minimum absolute atomic E-state index is 0.274. The van der Waals surface area contributed by atoms with Crippen molar-refractivity contribution >= 4 is 0 Å². The van der Waals surface area contributed by atoms with E-state index in [1.807, 2.05) is 0 Å². The smallest absolute Gasteiger partial charge is 0.226 e. The summed E-state index contributed by atoms with van der Waals surface area (Å²) in [6, 6.07) is 6.19. The van der Waals surface area contributed by atoms with Crippen molar-refractivity contribution in [1.29, 1.82) is 0 Å². The van der Waals surface area contributed by atoms with Crippen LogP contribution in [0.3, 0.4) is 0 Å². The highest BCUT2D eigenvalue weighted by molar-refractivity contribution is 5.32. The van der Waals surface area contributed by atoms with Crippen LogP contribution in [0.1, 0.15) is 18.4 Å². The van der Waals surface area contributed by atoms with Crippen molar-refractivity contribution in [2.75, 3.05) is 7.11 Å². The molecule has 0 radical (unpaired) electrons. The first-order valence-corrected chi connectivity index (χ1v) is 5.87. The van der Waals surface area contributed by atoms with Gasteiger partial charge in [-0.3, -0.25) is 0 Å². The largest absolute Gasteiger partial charge is 0.347 e. The van der Waals surface area contributed by atoms with Crippen LogP contribution in [0.5, 0.6) is 0 Å². The third kappa shape index (κ3) is 1.80. The first-order valence-electron chi connectivity index (χ1n) is 5.87. The Morgan fingerprint density at radius 1 is 1.22 bits per heavy atom. The SMILES string of the molecule is C=CCC1(CC=C)OC1(OC)c1ccc(F)cc1. The van der Waals surface area contributed by atoms with Gasteiger partial charge in [-0.25, -0.2) is 4.39 Å². The van der Waals surface area contributed by atoms with Crippen LogP contribution >= 0.6 is 0 Å². The second kappa shape index (κ2) is 4.67. The van der Waals surface area contributed by atoms with Crippen LogP contribution in [0.4, 0.5) is 4.39 Å². The number of ether oxygens (including phenoxy) is 2. The fraction of sp³-hybridized carbons (Fsp3) is 0.333. The van der Waals surface area contributed by atoms with Gasteiger partial charge in [0.05, 0.1) is 0 Å². The van der Waals surface area contributed by atoms with E-state index >= 15 is 0 Å². The molecule has 1 aliphatic rings. The summed E-state index contributed by atoms with van der Waals surface area (Å²) in [6.07, 6.45) is 4.91. The van der Waals surface area contributed by atoms with Crippen molar-refractivity contribution in [1.82, 2.24) is 0 Å². The molecule has 0 spiro atoms. The molecule has 1 saturated heterocycles. The Balaban J connectivity index is 2.36. The van der Waals surface area contributed by atoms with Crippen molar-refractivity contribution in [3.05, 3.63) is 61.0 Å². The highest BCUT2D eigenvalue weighted by Gasteiger charge is 2.70. The zero-order chi connectivity index (χ0) is 13.2. The number of epoxide rings is 1. The van der Waals surface area contributed by atoms with Crippen LogP contribution in [0.15, 0.2) is 49.6 Å². The van der Waals surface area contributed by atoms with Crippen molar-refractivity contribution < 1.29 is 13.9 Å². The Kier molecular flexibility index (Phi) is 3.37. The van der Waals surface area contributed by atoms with Gasteiger partial charge in [0.1, 0.15) is 11.4 Å². The maximum absolute atomic E-state index is 13.0. The Labute approximate surface area is 107 Å².